The van der Waals surface area contributed by atoms with Gasteiger partial charge in [0.1, 0.15) is 0 Å². The Kier molecular flexibility index (Phi) is 6.64. The average molecular weight is 364 g/mol. The van der Waals surface area contributed by atoms with Gasteiger partial charge in [0.25, 0.3) is 0 Å². The van der Waals surface area contributed by atoms with E-state index in [4.69, 9.17) is 0 Å². The largest absolute Gasteiger partial charge is 0.550 e. The molecule has 1 N–H and O–H groups in total. The fourth-order valence-corrected chi connectivity index (χ4v) is 4.09. The van der Waals surface area contributed by atoms with Gasteiger partial charge < -0.3 is 15.2 Å². The number of benzene rings is 2. The minimum absolute atomic E-state index is 0.149. The van der Waals surface area contributed by atoms with E-state index in [2.05, 4.69) is 29.6 Å². The number of rotatable bonds is 7. The second kappa shape index (κ2) is 9.36. The van der Waals surface area contributed by atoms with Crippen LogP contribution in [0.3, 0.4) is 0 Å². The van der Waals surface area contributed by atoms with Gasteiger partial charge in [0.05, 0.1) is 0 Å². The minimum atomic E-state index is -1.10. The summed E-state index contributed by atoms with van der Waals surface area (Å²) in [6.07, 6.45) is 3.69. The van der Waals surface area contributed by atoms with Gasteiger partial charge in [0.2, 0.25) is 5.91 Å². The maximum Gasteiger partial charge on any atom is 0.223 e. The maximum absolute atomic E-state index is 12.6. The monoisotopic (exact) mass is 364 g/mol. The predicted molar refractivity (Wildman–Crippen MR) is 103 cm³/mol. The molecule has 27 heavy (non-hydrogen) atoms. The maximum atomic E-state index is 12.6. The van der Waals surface area contributed by atoms with E-state index in [-0.39, 0.29) is 11.8 Å². The molecule has 0 aromatic heterocycles. The quantitative estimate of drug-likeness (QED) is 0.821. The summed E-state index contributed by atoms with van der Waals surface area (Å²) in [5, 5.41) is 14.3. The number of carbonyl (C=O) groups is 2. The van der Waals surface area contributed by atoms with Crippen LogP contribution in [-0.2, 0) is 9.59 Å². The van der Waals surface area contributed by atoms with Crippen LogP contribution in [0.4, 0.5) is 0 Å². The topological polar surface area (TPSA) is 69.2 Å². The molecule has 0 aliphatic heterocycles. The van der Waals surface area contributed by atoms with Gasteiger partial charge in [-0.25, -0.2) is 0 Å². The van der Waals surface area contributed by atoms with Crippen LogP contribution in [0.25, 0.3) is 0 Å². The number of nitrogens with one attached hydrogen (secondary N) is 1. The summed E-state index contributed by atoms with van der Waals surface area (Å²) in [7, 11) is 0. The van der Waals surface area contributed by atoms with Crippen LogP contribution < -0.4 is 10.4 Å². The number of aliphatic carboxylic acids is 1. The van der Waals surface area contributed by atoms with Gasteiger partial charge >= 0.3 is 0 Å². The lowest BCUT2D eigenvalue weighted by Gasteiger charge is -2.31. The molecule has 0 heterocycles. The Morgan fingerprint density at radius 2 is 1.41 bits per heavy atom. The first-order valence-corrected chi connectivity index (χ1v) is 9.75. The minimum Gasteiger partial charge on any atom is -0.550 e. The molecule has 0 bridgehead atoms. The van der Waals surface area contributed by atoms with Gasteiger partial charge in [-0.15, -0.1) is 0 Å². The summed E-state index contributed by atoms with van der Waals surface area (Å²) in [5.41, 5.74) is 2.42. The van der Waals surface area contributed by atoms with Gasteiger partial charge in [-0.2, -0.15) is 0 Å². The van der Waals surface area contributed by atoms with Gasteiger partial charge in [-0.1, -0.05) is 73.5 Å². The predicted octanol–water partition coefficient (Wildman–Crippen LogP) is 2.88. The van der Waals surface area contributed by atoms with Crippen LogP contribution in [0.5, 0.6) is 0 Å². The fourth-order valence-electron chi connectivity index (χ4n) is 4.09. The summed E-state index contributed by atoms with van der Waals surface area (Å²) in [5.74, 6) is -2.17. The molecule has 0 spiro atoms. The van der Waals surface area contributed by atoms with Crippen molar-refractivity contribution in [2.75, 3.05) is 6.54 Å². The SMILES string of the molecule is O=C([O-])[C@H]1CCCC[C@@H]1C(=O)NCCC(c1ccccc1)c1ccccc1. The highest BCUT2D eigenvalue weighted by molar-refractivity contribution is 5.84. The Balaban J connectivity index is 1.64. The Morgan fingerprint density at radius 3 is 1.93 bits per heavy atom. The van der Waals surface area contributed by atoms with Gasteiger partial charge in [-0.3, -0.25) is 4.79 Å². The van der Waals surface area contributed by atoms with E-state index in [0.29, 0.717) is 19.4 Å². The second-order valence-corrected chi connectivity index (χ2v) is 7.27. The lowest BCUT2D eigenvalue weighted by atomic mass is 9.78. The number of carbonyl (C=O) groups excluding carboxylic acids is 2. The molecule has 4 heteroatoms. The summed E-state index contributed by atoms with van der Waals surface area (Å²) in [6.45, 7) is 0.517. The lowest BCUT2D eigenvalue weighted by molar-refractivity contribution is -0.314. The molecular weight excluding hydrogens is 338 g/mol. The molecular formula is C23H26NO3-. The normalized spacial score (nSPS) is 19.6. The molecule has 2 atom stereocenters. The molecule has 1 aliphatic carbocycles. The Hall–Kier alpha value is -2.62. The zero-order chi connectivity index (χ0) is 19.1. The van der Waals surface area contributed by atoms with E-state index in [0.717, 1.165) is 19.3 Å². The van der Waals surface area contributed by atoms with E-state index >= 15 is 0 Å². The van der Waals surface area contributed by atoms with E-state index in [9.17, 15) is 14.7 Å². The van der Waals surface area contributed by atoms with Crippen molar-refractivity contribution in [3.63, 3.8) is 0 Å². The molecule has 1 saturated carbocycles. The number of amides is 1. The average Bonchev–Trinajstić information content (AvgIpc) is 2.72. The molecule has 0 radical (unpaired) electrons. The standard InChI is InChI=1S/C23H27NO3/c25-22(20-13-7-8-14-21(20)23(26)27)24-16-15-19(17-9-3-1-4-10-17)18-11-5-2-6-12-18/h1-6,9-12,19-21H,7-8,13-16H2,(H,24,25)(H,26,27)/p-1/t20-,21-/m0/s1. The Morgan fingerprint density at radius 1 is 0.889 bits per heavy atom. The molecule has 2 aromatic rings. The highest BCUT2D eigenvalue weighted by atomic mass is 16.4. The number of carboxylic acid groups (broad SMARTS) is 1. The van der Waals surface area contributed by atoms with Crippen molar-refractivity contribution >= 4 is 11.9 Å². The van der Waals surface area contributed by atoms with E-state index in [1.807, 2.05) is 36.4 Å². The number of hydrogen-bond donors (Lipinski definition) is 1. The zero-order valence-corrected chi connectivity index (χ0v) is 15.5. The molecule has 2 aromatic carbocycles. The summed E-state index contributed by atoms with van der Waals surface area (Å²) < 4.78 is 0. The van der Waals surface area contributed by atoms with E-state index in [1.165, 1.54) is 11.1 Å². The van der Waals surface area contributed by atoms with E-state index in [1.54, 1.807) is 0 Å². The third kappa shape index (κ3) is 4.97. The highest BCUT2D eigenvalue weighted by Crippen LogP contribution is 2.30. The lowest BCUT2D eigenvalue weighted by Crippen LogP contribution is -2.44. The molecule has 1 aliphatic rings. The highest BCUT2D eigenvalue weighted by Gasteiger charge is 2.31. The van der Waals surface area contributed by atoms with Crippen LogP contribution in [0, 0.1) is 11.8 Å². The Labute approximate surface area is 160 Å². The van der Waals surface area contributed by atoms with Crippen molar-refractivity contribution in [3.8, 4) is 0 Å². The molecule has 0 unspecified atom stereocenters. The molecule has 4 nitrogen and oxygen atoms in total. The summed E-state index contributed by atoms with van der Waals surface area (Å²) >= 11 is 0. The van der Waals surface area contributed by atoms with Gasteiger partial charge in [-0.05, 0) is 30.4 Å². The number of hydrogen-bond acceptors (Lipinski definition) is 3. The zero-order valence-electron chi connectivity index (χ0n) is 15.5. The first-order chi connectivity index (χ1) is 13.2. The van der Waals surface area contributed by atoms with E-state index < -0.39 is 17.8 Å². The first kappa shape index (κ1) is 19.2. The third-order valence-corrected chi connectivity index (χ3v) is 5.54. The molecule has 0 saturated heterocycles. The smallest absolute Gasteiger partial charge is 0.223 e. The van der Waals surface area contributed by atoms with Crippen molar-refractivity contribution in [1.29, 1.82) is 0 Å². The van der Waals surface area contributed by atoms with Crippen LogP contribution in [0.15, 0.2) is 60.7 Å². The van der Waals surface area contributed by atoms with Crippen LogP contribution in [0.1, 0.15) is 49.1 Å². The Bertz CT molecular complexity index is 705. The molecule has 1 amide bonds. The van der Waals surface area contributed by atoms with Gasteiger partial charge in [0.15, 0.2) is 0 Å². The second-order valence-electron chi connectivity index (χ2n) is 7.27. The molecule has 1 fully saturated rings. The van der Waals surface area contributed by atoms with Crippen molar-refractivity contribution in [2.24, 2.45) is 11.8 Å². The van der Waals surface area contributed by atoms with Gasteiger partial charge in [0, 0.05) is 30.3 Å². The summed E-state index contributed by atoms with van der Waals surface area (Å²) in [6, 6.07) is 20.5. The van der Waals surface area contributed by atoms with Crippen molar-refractivity contribution in [2.45, 2.75) is 38.0 Å². The van der Waals surface area contributed by atoms with Crippen LogP contribution in [-0.4, -0.2) is 18.4 Å². The fraction of sp³-hybridized carbons (Fsp3) is 0.391. The number of carboxylic acids is 1. The van der Waals surface area contributed by atoms with Crippen molar-refractivity contribution in [1.82, 2.24) is 5.32 Å². The summed E-state index contributed by atoms with van der Waals surface area (Å²) in [4.78, 5) is 23.9. The van der Waals surface area contributed by atoms with Crippen LogP contribution >= 0.6 is 0 Å². The molecule has 3 rings (SSSR count). The third-order valence-electron chi connectivity index (χ3n) is 5.54. The molecule has 142 valence electrons. The van der Waals surface area contributed by atoms with Crippen LogP contribution in [0.2, 0.25) is 0 Å². The van der Waals surface area contributed by atoms with Crippen molar-refractivity contribution < 1.29 is 14.7 Å². The first-order valence-electron chi connectivity index (χ1n) is 9.75. The van der Waals surface area contributed by atoms with Crippen molar-refractivity contribution in [3.05, 3.63) is 71.8 Å².